The molecular formula is C26H30N2O5. The van der Waals surface area contributed by atoms with Gasteiger partial charge in [-0.1, -0.05) is 12.1 Å². The third-order valence-electron chi connectivity index (χ3n) is 5.40. The summed E-state index contributed by atoms with van der Waals surface area (Å²) in [5, 5.41) is 3.67. The summed E-state index contributed by atoms with van der Waals surface area (Å²) in [6.07, 6.45) is -0.484. The molecule has 1 saturated heterocycles. The highest BCUT2D eigenvalue weighted by atomic mass is 16.6. The number of hydrogen-bond donors (Lipinski definition) is 1. The average Bonchev–Trinajstić information content (AvgIpc) is 3.20. The minimum Gasteiger partial charge on any atom is -0.459 e. The first-order chi connectivity index (χ1) is 15.7. The number of carbonyl (C=O) groups excluding carboxylic acids is 2. The molecule has 0 bridgehead atoms. The number of hydrogen-bond acceptors (Lipinski definition) is 5. The van der Waals surface area contributed by atoms with Crippen molar-refractivity contribution in [2.24, 2.45) is 0 Å². The first-order valence-corrected chi connectivity index (χ1v) is 11.2. The highest BCUT2D eigenvalue weighted by Crippen LogP contribution is 2.30. The molecular weight excluding hydrogens is 420 g/mol. The maximum absolute atomic E-state index is 12.9. The molecule has 0 saturated carbocycles. The van der Waals surface area contributed by atoms with Gasteiger partial charge in [-0.3, -0.25) is 4.79 Å². The van der Waals surface area contributed by atoms with Gasteiger partial charge in [-0.05, 0) is 74.7 Å². The molecule has 3 aromatic rings. The lowest BCUT2D eigenvalue weighted by atomic mass is 9.99. The van der Waals surface area contributed by atoms with E-state index in [0.29, 0.717) is 37.6 Å². The van der Waals surface area contributed by atoms with E-state index in [-0.39, 0.29) is 12.5 Å². The van der Waals surface area contributed by atoms with Crippen LogP contribution in [-0.2, 0) is 16.0 Å². The smallest absolute Gasteiger partial charge is 0.408 e. The van der Waals surface area contributed by atoms with Crippen LogP contribution in [0.15, 0.2) is 46.9 Å². The second-order valence-electron chi connectivity index (χ2n) is 9.27. The standard InChI is InChI=1S/C26H30N2O5/c1-17-12-20(18-6-5-7-19(13-18)24(29)28-8-10-31-11-9-28)14-21-15-22(32-23(17)21)16-27-25(30)33-26(2,3)4/h5-7,12-15H,8-11,16H2,1-4H3,(H,27,30). The number of morpholine rings is 1. The molecule has 0 unspecified atom stereocenters. The molecule has 7 heteroatoms. The van der Waals surface area contributed by atoms with Crippen LogP contribution in [0.25, 0.3) is 22.1 Å². The van der Waals surface area contributed by atoms with Crippen molar-refractivity contribution >= 4 is 23.0 Å². The van der Waals surface area contributed by atoms with Crippen molar-refractivity contribution < 1.29 is 23.5 Å². The van der Waals surface area contributed by atoms with Crippen molar-refractivity contribution in [3.63, 3.8) is 0 Å². The number of rotatable bonds is 4. The Balaban J connectivity index is 1.54. The van der Waals surface area contributed by atoms with Crippen LogP contribution in [0.1, 0.15) is 42.5 Å². The summed E-state index contributed by atoms with van der Waals surface area (Å²) in [6, 6.07) is 13.7. The van der Waals surface area contributed by atoms with Crippen molar-refractivity contribution in [1.82, 2.24) is 10.2 Å². The van der Waals surface area contributed by atoms with Gasteiger partial charge in [0, 0.05) is 24.0 Å². The van der Waals surface area contributed by atoms with Gasteiger partial charge < -0.3 is 24.1 Å². The van der Waals surface area contributed by atoms with E-state index in [2.05, 4.69) is 11.4 Å². The van der Waals surface area contributed by atoms with E-state index in [4.69, 9.17) is 13.9 Å². The van der Waals surface area contributed by atoms with E-state index in [1.807, 2.05) is 69.0 Å². The van der Waals surface area contributed by atoms with Gasteiger partial charge >= 0.3 is 6.09 Å². The molecule has 2 amide bonds. The zero-order chi connectivity index (χ0) is 23.6. The van der Waals surface area contributed by atoms with E-state index < -0.39 is 11.7 Å². The number of furan rings is 1. The van der Waals surface area contributed by atoms with Gasteiger partial charge in [0.15, 0.2) is 0 Å². The average molecular weight is 451 g/mol. The maximum Gasteiger partial charge on any atom is 0.408 e. The van der Waals surface area contributed by atoms with Gasteiger partial charge in [-0.2, -0.15) is 0 Å². The molecule has 0 aliphatic carbocycles. The molecule has 2 heterocycles. The Morgan fingerprint density at radius 3 is 2.55 bits per heavy atom. The fourth-order valence-corrected chi connectivity index (χ4v) is 3.89. The van der Waals surface area contributed by atoms with Gasteiger partial charge in [0.2, 0.25) is 0 Å². The summed E-state index contributed by atoms with van der Waals surface area (Å²) < 4.78 is 16.6. The van der Waals surface area contributed by atoms with Crippen LogP contribution < -0.4 is 5.32 Å². The van der Waals surface area contributed by atoms with Crippen LogP contribution in [0, 0.1) is 6.92 Å². The Kier molecular flexibility index (Phi) is 6.42. The van der Waals surface area contributed by atoms with Crippen LogP contribution in [0.5, 0.6) is 0 Å². The Hall–Kier alpha value is -3.32. The van der Waals surface area contributed by atoms with E-state index >= 15 is 0 Å². The number of nitrogens with zero attached hydrogens (tertiary/aromatic N) is 1. The quantitative estimate of drug-likeness (QED) is 0.611. The first-order valence-electron chi connectivity index (χ1n) is 11.2. The van der Waals surface area contributed by atoms with Gasteiger partial charge in [0.1, 0.15) is 16.9 Å². The Labute approximate surface area is 193 Å². The molecule has 1 aromatic heterocycles. The largest absolute Gasteiger partial charge is 0.459 e. The third kappa shape index (κ3) is 5.54. The van der Waals surface area contributed by atoms with E-state index in [9.17, 15) is 9.59 Å². The molecule has 2 aromatic carbocycles. The number of fused-ring (bicyclic) bond motifs is 1. The molecule has 1 fully saturated rings. The highest BCUT2D eigenvalue weighted by Gasteiger charge is 2.19. The summed E-state index contributed by atoms with van der Waals surface area (Å²) in [5.74, 6) is 0.670. The Morgan fingerprint density at radius 1 is 1.06 bits per heavy atom. The number of benzene rings is 2. The summed E-state index contributed by atoms with van der Waals surface area (Å²) in [7, 11) is 0. The summed E-state index contributed by atoms with van der Waals surface area (Å²) in [4.78, 5) is 26.7. The molecule has 1 N–H and O–H groups in total. The normalized spacial score (nSPS) is 14.4. The van der Waals surface area contributed by atoms with Crippen molar-refractivity contribution in [1.29, 1.82) is 0 Å². The molecule has 0 spiro atoms. The van der Waals surface area contributed by atoms with Crippen molar-refractivity contribution in [3.8, 4) is 11.1 Å². The monoisotopic (exact) mass is 450 g/mol. The third-order valence-corrected chi connectivity index (χ3v) is 5.40. The SMILES string of the molecule is Cc1cc(-c2cccc(C(=O)N3CCOCC3)c2)cc2cc(CNC(=O)OC(C)(C)C)oc12. The fourth-order valence-electron chi connectivity index (χ4n) is 3.89. The number of ether oxygens (including phenoxy) is 2. The van der Waals surface area contributed by atoms with Crippen LogP contribution in [0.3, 0.4) is 0 Å². The van der Waals surface area contributed by atoms with Crippen molar-refractivity contribution in [3.05, 3.63) is 59.4 Å². The molecule has 1 aliphatic rings. The topological polar surface area (TPSA) is 81.0 Å². The molecule has 0 atom stereocenters. The van der Waals surface area contributed by atoms with Crippen LogP contribution in [0.4, 0.5) is 4.79 Å². The highest BCUT2D eigenvalue weighted by molar-refractivity contribution is 5.96. The minimum absolute atomic E-state index is 0.0248. The van der Waals surface area contributed by atoms with E-state index in [1.54, 1.807) is 0 Å². The first kappa shape index (κ1) is 22.9. The lowest BCUT2D eigenvalue weighted by Crippen LogP contribution is -2.40. The van der Waals surface area contributed by atoms with Crippen LogP contribution in [-0.4, -0.2) is 48.8 Å². The molecule has 7 nitrogen and oxygen atoms in total. The molecule has 174 valence electrons. The lowest BCUT2D eigenvalue weighted by Gasteiger charge is -2.27. The predicted octanol–water partition coefficient (Wildman–Crippen LogP) is 4.91. The zero-order valence-corrected chi connectivity index (χ0v) is 19.6. The van der Waals surface area contributed by atoms with Gasteiger partial charge in [0.05, 0.1) is 19.8 Å². The van der Waals surface area contributed by atoms with Gasteiger partial charge in [-0.15, -0.1) is 0 Å². The van der Waals surface area contributed by atoms with Crippen molar-refractivity contribution in [2.75, 3.05) is 26.3 Å². The van der Waals surface area contributed by atoms with Gasteiger partial charge in [-0.25, -0.2) is 4.79 Å². The molecule has 1 aliphatic heterocycles. The summed E-state index contributed by atoms with van der Waals surface area (Å²) >= 11 is 0. The van der Waals surface area contributed by atoms with Crippen LogP contribution in [0.2, 0.25) is 0 Å². The number of alkyl carbamates (subject to hydrolysis) is 1. The second-order valence-corrected chi connectivity index (χ2v) is 9.27. The van der Waals surface area contributed by atoms with E-state index in [0.717, 1.165) is 27.7 Å². The van der Waals surface area contributed by atoms with E-state index in [1.165, 1.54) is 0 Å². The summed E-state index contributed by atoms with van der Waals surface area (Å²) in [6.45, 7) is 10.1. The Bertz CT molecular complexity index is 1170. The minimum atomic E-state index is -0.554. The molecule has 4 rings (SSSR count). The number of nitrogens with one attached hydrogen (secondary N) is 1. The second kappa shape index (κ2) is 9.27. The maximum atomic E-state index is 12.9. The van der Waals surface area contributed by atoms with Crippen molar-refractivity contribution in [2.45, 2.75) is 39.8 Å². The number of amides is 2. The Morgan fingerprint density at radius 2 is 1.82 bits per heavy atom. The fraction of sp³-hybridized carbons (Fsp3) is 0.385. The summed E-state index contributed by atoms with van der Waals surface area (Å²) in [5.41, 5.74) is 3.84. The number of carbonyl (C=O) groups is 2. The molecule has 33 heavy (non-hydrogen) atoms. The van der Waals surface area contributed by atoms with Crippen LogP contribution >= 0.6 is 0 Å². The lowest BCUT2D eigenvalue weighted by molar-refractivity contribution is 0.0303. The van der Waals surface area contributed by atoms with Gasteiger partial charge in [0.25, 0.3) is 5.91 Å². The number of aryl methyl sites for hydroxylation is 1. The zero-order valence-electron chi connectivity index (χ0n) is 19.6. The molecule has 0 radical (unpaired) electrons. The predicted molar refractivity (Wildman–Crippen MR) is 126 cm³/mol.